The Labute approximate surface area is 355 Å². The summed E-state index contributed by atoms with van der Waals surface area (Å²) in [5.74, 6) is -1.55. The van der Waals surface area contributed by atoms with Gasteiger partial charge in [-0.05, 0) is 91.6 Å². The molecule has 1 aromatic heterocycles. The lowest BCUT2D eigenvalue weighted by atomic mass is 10.0. The number of hydrogen-bond donors (Lipinski definition) is 3. The zero-order chi connectivity index (χ0) is 42.7. The Bertz CT molecular complexity index is 2250. The van der Waals surface area contributed by atoms with Crippen molar-refractivity contribution in [2.75, 3.05) is 32.1 Å². The van der Waals surface area contributed by atoms with Crippen LogP contribution < -0.4 is 20.9 Å². The molecule has 2 fully saturated rings. The second-order valence-corrected chi connectivity index (χ2v) is 15.9. The summed E-state index contributed by atoms with van der Waals surface area (Å²) in [7, 11) is 1.83. The standard InChI is InChI=1S/C46H54N6O9/c1-50(30-31-11-10-12-35(27-31)59-26-24-51-23-21-32-15-16-33(28-39(32)51)43(55)49-61-42-14-7-9-25-60-42)41(54)13-6-4-2-3-5-8-22-47-34-17-18-36-37(29-34)46(58)52(45(36)57)38-19-20-40(53)48-44(38)56/h10-12,15-18,21,23,27-29,38,42,47H,2-9,13-14,19-20,22,24-26,30H2,1H3,(H,49,55)(H,48,53,56). The van der Waals surface area contributed by atoms with E-state index < -0.39 is 36.0 Å². The van der Waals surface area contributed by atoms with E-state index in [-0.39, 0.29) is 35.8 Å². The van der Waals surface area contributed by atoms with E-state index in [4.69, 9.17) is 14.3 Å². The Morgan fingerprint density at radius 1 is 0.885 bits per heavy atom. The molecule has 3 aliphatic heterocycles. The van der Waals surface area contributed by atoms with Crippen molar-refractivity contribution in [1.29, 1.82) is 0 Å². The molecule has 2 atom stereocenters. The zero-order valence-electron chi connectivity index (χ0n) is 34.6. The van der Waals surface area contributed by atoms with Crippen molar-refractivity contribution in [2.45, 2.75) is 102 Å². The highest BCUT2D eigenvalue weighted by molar-refractivity contribution is 6.23. The van der Waals surface area contributed by atoms with Crippen LogP contribution in [0.2, 0.25) is 0 Å². The molecule has 3 aromatic carbocycles. The number of nitrogens with one attached hydrogen (secondary N) is 3. The lowest BCUT2D eigenvalue weighted by Crippen LogP contribution is -2.54. The fourth-order valence-electron chi connectivity index (χ4n) is 7.97. The average molecular weight is 835 g/mol. The number of unbranched alkanes of at least 4 members (excludes halogenated alkanes) is 5. The summed E-state index contributed by atoms with van der Waals surface area (Å²) < 4.78 is 13.7. The number of benzene rings is 3. The topological polar surface area (TPSA) is 178 Å². The summed E-state index contributed by atoms with van der Waals surface area (Å²) in [5, 5.41) is 6.56. The average Bonchev–Trinajstić information content (AvgIpc) is 3.78. The Morgan fingerprint density at radius 3 is 2.52 bits per heavy atom. The van der Waals surface area contributed by atoms with Gasteiger partial charge in [0.25, 0.3) is 17.7 Å². The summed E-state index contributed by atoms with van der Waals surface area (Å²) in [5.41, 5.74) is 6.18. The number of hydroxylamine groups is 1. The number of nitrogens with zero attached hydrogens (tertiary/aromatic N) is 3. The second-order valence-electron chi connectivity index (χ2n) is 15.9. The van der Waals surface area contributed by atoms with Gasteiger partial charge in [0.2, 0.25) is 17.7 Å². The molecule has 322 valence electrons. The van der Waals surface area contributed by atoms with E-state index in [0.29, 0.717) is 44.8 Å². The van der Waals surface area contributed by atoms with Gasteiger partial charge < -0.3 is 24.3 Å². The summed E-state index contributed by atoms with van der Waals surface area (Å²) >= 11 is 0. The number of fused-ring (bicyclic) bond motifs is 2. The van der Waals surface area contributed by atoms with E-state index in [1.165, 1.54) is 0 Å². The highest BCUT2D eigenvalue weighted by atomic mass is 16.8. The molecule has 0 radical (unpaired) electrons. The highest BCUT2D eigenvalue weighted by Gasteiger charge is 2.44. The van der Waals surface area contributed by atoms with Crippen molar-refractivity contribution in [3.63, 3.8) is 0 Å². The van der Waals surface area contributed by atoms with Crippen molar-refractivity contribution in [1.82, 2.24) is 25.2 Å². The molecular formula is C46H54N6O9. The van der Waals surface area contributed by atoms with Crippen molar-refractivity contribution in [3.8, 4) is 5.75 Å². The molecule has 0 aliphatic carbocycles. The molecule has 0 saturated carbocycles. The van der Waals surface area contributed by atoms with Crippen LogP contribution >= 0.6 is 0 Å². The number of carbonyl (C=O) groups is 6. The third-order valence-electron chi connectivity index (χ3n) is 11.4. The van der Waals surface area contributed by atoms with Crippen LogP contribution in [0.25, 0.3) is 10.9 Å². The zero-order valence-corrected chi connectivity index (χ0v) is 34.6. The quantitative estimate of drug-likeness (QED) is 0.0535. The minimum Gasteiger partial charge on any atom is -0.492 e. The van der Waals surface area contributed by atoms with Crippen molar-refractivity contribution < 1.29 is 43.1 Å². The van der Waals surface area contributed by atoms with Crippen molar-refractivity contribution in [3.05, 3.63) is 95.2 Å². The predicted octanol–water partition coefficient (Wildman–Crippen LogP) is 6.11. The lowest BCUT2D eigenvalue weighted by molar-refractivity contribution is -0.186. The number of carbonyl (C=O) groups excluding carboxylic acids is 6. The monoisotopic (exact) mass is 834 g/mol. The van der Waals surface area contributed by atoms with E-state index in [1.54, 1.807) is 29.2 Å². The molecule has 0 bridgehead atoms. The summed E-state index contributed by atoms with van der Waals surface area (Å²) in [6.07, 6.45) is 10.8. The number of aromatic nitrogens is 1. The highest BCUT2D eigenvalue weighted by Crippen LogP contribution is 2.30. The van der Waals surface area contributed by atoms with Crippen LogP contribution in [0.15, 0.2) is 72.9 Å². The Morgan fingerprint density at radius 2 is 1.70 bits per heavy atom. The number of amides is 6. The first-order valence-electron chi connectivity index (χ1n) is 21.4. The number of hydrogen-bond acceptors (Lipinski definition) is 10. The van der Waals surface area contributed by atoms with E-state index in [0.717, 1.165) is 90.6 Å². The molecule has 4 aromatic rings. The van der Waals surface area contributed by atoms with Gasteiger partial charge in [-0.3, -0.25) is 39.0 Å². The third-order valence-corrected chi connectivity index (χ3v) is 11.4. The van der Waals surface area contributed by atoms with E-state index in [2.05, 4.69) is 20.7 Å². The Kier molecular flexibility index (Phi) is 14.4. The predicted molar refractivity (Wildman–Crippen MR) is 226 cm³/mol. The molecule has 15 heteroatoms. The van der Waals surface area contributed by atoms with Gasteiger partial charge >= 0.3 is 0 Å². The SMILES string of the molecule is CN(Cc1cccc(OCCn2ccc3ccc(C(=O)NOC4CCCCO4)cc32)c1)C(=O)CCCCCCCCNc1ccc2c(c1)C(=O)N(C1CCC(=O)NC1=O)C2=O. The van der Waals surface area contributed by atoms with Crippen LogP contribution in [0.3, 0.4) is 0 Å². The Balaban J connectivity index is 0.757. The molecule has 3 aliphatic rings. The van der Waals surface area contributed by atoms with Gasteiger partial charge in [-0.15, -0.1) is 0 Å². The molecule has 7 rings (SSSR count). The first kappa shape index (κ1) is 43.0. The fraction of sp³-hybridized carbons (Fsp3) is 0.435. The molecule has 0 spiro atoms. The molecule has 61 heavy (non-hydrogen) atoms. The second kappa shape index (κ2) is 20.5. The van der Waals surface area contributed by atoms with Gasteiger partial charge in [-0.1, -0.05) is 43.9 Å². The first-order valence-corrected chi connectivity index (χ1v) is 21.4. The minimum atomic E-state index is -0.983. The number of rotatable bonds is 20. The lowest BCUT2D eigenvalue weighted by Gasteiger charge is -2.27. The minimum absolute atomic E-state index is 0.0812. The molecule has 2 saturated heterocycles. The van der Waals surface area contributed by atoms with Gasteiger partial charge in [-0.25, -0.2) is 10.3 Å². The summed E-state index contributed by atoms with van der Waals surface area (Å²) in [4.78, 5) is 83.8. The Hall–Kier alpha value is -6.06. The maximum Gasteiger partial charge on any atom is 0.275 e. The molecule has 4 heterocycles. The third kappa shape index (κ3) is 11.0. The molecule has 6 amide bonds. The number of imide groups is 2. The molecular weight excluding hydrogens is 781 g/mol. The smallest absolute Gasteiger partial charge is 0.275 e. The number of anilines is 1. The van der Waals surface area contributed by atoms with E-state index in [1.807, 2.05) is 55.7 Å². The van der Waals surface area contributed by atoms with Gasteiger partial charge in [0.1, 0.15) is 18.4 Å². The molecule has 2 unspecified atom stereocenters. The molecule has 15 nitrogen and oxygen atoms in total. The van der Waals surface area contributed by atoms with Crippen LogP contribution in [0.5, 0.6) is 5.75 Å². The van der Waals surface area contributed by atoms with E-state index in [9.17, 15) is 28.8 Å². The maximum absolute atomic E-state index is 13.1. The van der Waals surface area contributed by atoms with Gasteiger partial charge in [0.05, 0.1) is 17.7 Å². The van der Waals surface area contributed by atoms with Crippen molar-refractivity contribution in [2.24, 2.45) is 0 Å². The largest absolute Gasteiger partial charge is 0.492 e. The van der Waals surface area contributed by atoms with Gasteiger partial charge in [0, 0.05) is 69.0 Å². The van der Waals surface area contributed by atoms with Gasteiger partial charge in [0.15, 0.2) is 6.29 Å². The van der Waals surface area contributed by atoms with Crippen molar-refractivity contribution >= 4 is 52.0 Å². The van der Waals surface area contributed by atoms with Crippen LogP contribution in [-0.2, 0) is 37.0 Å². The van der Waals surface area contributed by atoms with Gasteiger partial charge in [-0.2, -0.15) is 0 Å². The fourth-order valence-corrected chi connectivity index (χ4v) is 7.97. The summed E-state index contributed by atoms with van der Waals surface area (Å²) in [6, 6.07) is 19.4. The van der Waals surface area contributed by atoms with Crippen LogP contribution in [-0.4, -0.2) is 88.9 Å². The van der Waals surface area contributed by atoms with Crippen LogP contribution in [0.4, 0.5) is 5.69 Å². The number of ether oxygens (including phenoxy) is 2. The van der Waals surface area contributed by atoms with E-state index >= 15 is 0 Å². The molecule has 3 N–H and O–H groups in total. The van der Waals surface area contributed by atoms with Crippen LogP contribution in [0, 0.1) is 0 Å². The maximum atomic E-state index is 13.1. The first-order chi connectivity index (χ1) is 29.6. The van der Waals surface area contributed by atoms with Crippen LogP contribution in [0.1, 0.15) is 114 Å². The normalized spacial score (nSPS) is 17.6. The number of piperidine rings is 1. The summed E-state index contributed by atoms with van der Waals surface area (Å²) in [6.45, 7) is 2.82.